The molecule has 144 valence electrons. The first-order valence-electron chi connectivity index (χ1n) is 9.58. The van der Waals surface area contributed by atoms with Crippen molar-refractivity contribution >= 4 is 5.91 Å². The standard InChI is InChI=1S/C20H29FN2O3/c1-26-19-7-6-15(10-18(19)21)20(25)23-12-16(17(13-23)14-24)11-22-8-4-2-3-5-9-22/h6-7,10,16-17,24H,2-5,8-9,11-14H2,1H3/t16-,17-/m1/s1. The average Bonchev–Trinajstić information content (AvgIpc) is 2.87. The number of benzene rings is 1. The summed E-state index contributed by atoms with van der Waals surface area (Å²) in [5, 5.41) is 9.77. The molecular weight excluding hydrogens is 335 g/mol. The molecule has 0 radical (unpaired) electrons. The van der Waals surface area contributed by atoms with Gasteiger partial charge in [-0.3, -0.25) is 4.79 Å². The van der Waals surface area contributed by atoms with E-state index in [-0.39, 0.29) is 30.1 Å². The molecule has 0 aromatic heterocycles. The van der Waals surface area contributed by atoms with E-state index in [0.717, 1.165) is 19.6 Å². The molecule has 2 atom stereocenters. The molecule has 1 amide bonds. The zero-order chi connectivity index (χ0) is 18.5. The number of likely N-dealkylation sites (tertiary alicyclic amines) is 2. The fourth-order valence-corrected chi connectivity index (χ4v) is 4.15. The summed E-state index contributed by atoms with van der Waals surface area (Å²) in [7, 11) is 1.40. The number of nitrogens with zero attached hydrogens (tertiary/aromatic N) is 2. The monoisotopic (exact) mass is 364 g/mol. The second-order valence-corrected chi connectivity index (χ2v) is 7.48. The van der Waals surface area contributed by atoms with Crippen LogP contribution in [0.4, 0.5) is 4.39 Å². The van der Waals surface area contributed by atoms with Crippen molar-refractivity contribution in [1.82, 2.24) is 9.80 Å². The second kappa shape index (κ2) is 8.82. The fraction of sp³-hybridized carbons (Fsp3) is 0.650. The Balaban J connectivity index is 1.65. The van der Waals surface area contributed by atoms with Crippen molar-refractivity contribution in [3.63, 3.8) is 0 Å². The fourth-order valence-electron chi connectivity index (χ4n) is 4.15. The van der Waals surface area contributed by atoms with Crippen molar-refractivity contribution in [2.75, 3.05) is 46.4 Å². The van der Waals surface area contributed by atoms with E-state index in [1.165, 1.54) is 44.9 Å². The molecule has 3 rings (SSSR count). The molecule has 0 bridgehead atoms. The van der Waals surface area contributed by atoms with Gasteiger partial charge in [-0.2, -0.15) is 0 Å². The van der Waals surface area contributed by atoms with E-state index >= 15 is 0 Å². The Bertz CT molecular complexity index is 617. The van der Waals surface area contributed by atoms with Crippen LogP contribution in [0.2, 0.25) is 0 Å². The molecule has 2 heterocycles. The number of amides is 1. The van der Waals surface area contributed by atoms with Crippen molar-refractivity contribution in [3.05, 3.63) is 29.6 Å². The van der Waals surface area contributed by atoms with Crippen LogP contribution >= 0.6 is 0 Å². The molecule has 0 spiro atoms. The van der Waals surface area contributed by atoms with Crippen LogP contribution in [-0.4, -0.2) is 67.3 Å². The number of carbonyl (C=O) groups excluding carboxylic acids is 1. The zero-order valence-electron chi connectivity index (χ0n) is 15.5. The highest BCUT2D eigenvalue weighted by molar-refractivity contribution is 5.94. The molecule has 1 aromatic rings. The van der Waals surface area contributed by atoms with Gasteiger partial charge in [-0.1, -0.05) is 12.8 Å². The number of carbonyl (C=O) groups is 1. The predicted octanol–water partition coefficient (Wildman–Crippen LogP) is 2.39. The highest BCUT2D eigenvalue weighted by Crippen LogP contribution is 2.27. The van der Waals surface area contributed by atoms with Crippen LogP contribution < -0.4 is 4.74 Å². The Morgan fingerprint density at radius 3 is 2.50 bits per heavy atom. The summed E-state index contributed by atoms with van der Waals surface area (Å²) < 4.78 is 18.8. The molecule has 5 nitrogen and oxygen atoms in total. The number of methoxy groups -OCH3 is 1. The van der Waals surface area contributed by atoms with Crippen molar-refractivity contribution in [2.45, 2.75) is 25.7 Å². The lowest BCUT2D eigenvalue weighted by Gasteiger charge is -2.26. The molecule has 2 saturated heterocycles. The highest BCUT2D eigenvalue weighted by atomic mass is 19.1. The summed E-state index contributed by atoms with van der Waals surface area (Å²) in [6.45, 7) is 4.36. The van der Waals surface area contributed by atoms with E-state index in [2.05, 4.69) is 4.90 Å². The lowest BCUT2D eigenvalue weighted by Crippen LogP contribution is -2.35. The molecule has 1 aromatic carbocycles. The molecule has 0 aliphatic carbocycles. The quantitative estimate of drug-likeness (QED) is 0.872. The van der Waals surface area contributed by atoms with Crippen LogP contribution in [-0.2, 0) is 0 Å². The highest BCUT2D eigenvalue weighted by Gasteiger charge is 2.36. The number of halogens is 1. The van der Waals surface area contributed by atoms with E-state index in [1.807, 2.05) is 0 Å². The number of hydrogen-bond donors (Lipinski definition) is 1. The Morgan fingerprint density at radius 1 is 1.19 bits per heavy atom. The summed E-state index contributed by atoms with van der Waals surface area (Å²) in [4.78, 5) is 17.0. The topological polar surface area (TPSA) is 53.0 Å². The van der Waals surface area contributed by atoms with Gasteiger partial charge >= 0.3 is 0 Å². The maximum absolute atomic E-state index is 13.9. The van der Waals surface area contributed by atoms with E-state index in [1.54, 1.807) is 11.0 Å². The van der Waals surface area contributed by atoms with E-state index in [9.17, 15) is 14.3 Å². The number of rotatable bonds is 5. The summed E-state index contributed by atoms with van der Waals surface area (Å²) >= 11 is 0. The van der Waals surface area contributed by atoms with E-state index in [4.69, 9.17) is 4.74 Å². The Kier molecular flexibility index (Phi) is 6.48. The van der Waals surface area contributed by atoms with Gasteiger partial charge in [0.2, 0.25) is 0 Å². The molecule has 2 fully saturated rings. The van der Waals surface area contributed by atoms with Gasteiger partial charge in [0.25, 0.3) is 5.91 Å². The van der Waals surface area contributed by atoms with Gasteiger partial charge in [0.05, 0.1) is 7.11 Å². The Hall–Kier alpha value is -1.66. The number of aliphatic hydroxyl groups is 1. The first-order valence-corrected chi connectivity index (χ1v) is 9.58. The third-order valence-electron chi connectivity index (χ3n) is 5.69. The van der Waals surface area contributed by atoms with Crippen LogP contribution in [0.1, 0.15) is 36.0 Å². The van der Waals surface area contributed by atoms with Gasteiger partial charge in [-0.05, 0) is 50.0 Å². The SMILES string of the molecule is COc1ccc(C(=O)N2C[C@@H](CN3CCCCCC3)[C@@H](CO)C2)cc1F. The van der Waals surface area contributed by atoms with Gasteiger partial charge in [-0.25, -0.2) is 4.39 Å². The van der Waals surface area contributed by atoms with Crippen LogP contribution in [0.5, 0.6) is 5.75 Å². The Labute approximate surface area is 154 Å². The number of ether oxygens (including phenoxy) is 1. The van der Waals surface area contributed by atoms with Gasteiger partial charge < -0.3 is 19.6 Å². The van der Waals surface area contributed by atoms with Gasteiger partial charge in [0.1, 0.15) is 0 Å². The predicted molar refractivity (Wildman–Crippen MR) is 97.8 cm³/mol. The minimum atomic E-state index is -0.530. The molecule has 0 saturated carbocycles. The maximum atomic E-state index is 13.9. The van der Waals surface area contributed by atoms with Crippen LogP contribution in [0.3, 0.4) is 0 Å². The first-order chi connectivity index (χ1) is 12.6. The lowest BCUT2D eigenvalue weighted by molar-refractivity contribution is 0.0778. The van der Waals surface area contributed by atoms with Crippen molar-refractivity contribution in [3.8, 4) is 5.75 Å². The summed E-state index contributed by atoms with van der Waals surface area (Å²) in [6, 6.07) is 4.31. The second-order valence-electron chi connectivity index (χ2n) is 7.48. The number of hydrogen-bond acceptors (Lipinski definition) is 4. The number of aliphatic hydroxyl groups excluding tert-OH is 1. The molecular formula is C20H29FN2O3. The average molecular weight is 364 g/mol. The largest absolute Gasteiger partial charge is 0.494 e. The lowest BCUT2D eigenvalue weighted by atomic mass is 9.96. The van der Waals surface area contributed by atoms with Gasteiger partial charge in [0.15, 0.2) is 11.6 Å². The van der Waals surface area contributed by atoms with Crippen molar-refractivity contribution < 1.29 is 19.0 Å². The maximum Gasteiger partial charge on any atom is 0.253 e. The molecule has 2 aliphatic heterocycles. The molecule has 2 aliphatic rings. The summed E-state index contributed by atoms with van der Waals surface area (Å²) in [5.41, 5.74) is 0.329. The van der Waals surface area contributed by atoms with Crippen LogP contribution in [0.15, 0.2) is 18.2 Å². The van der Waals surface area contributed by atoms with E-state index in [0.29, 0.717) is 18.7 Å². The van der Waals surface area contributed by atoms with E-state index < -0.39 is 5.82 Å². The Morgan fingerprint density at radius 2 is 1.88 bits per heavy atom. The molecule has 6 heteroatoms. The summed E-state index contributed by atoms with van der Waals surface area (Å²) in [5.74, 6) is -0.216. The third kappa shape index (κ3) is 4.35. The van der Waals surface area contributed by atoms with Crippen molar-refractivity contribution in [2.24, 2.45) is 11.8 Å². The van der Waals surface area contributed by atoms with Crippen LogP contribution in [0, 0.1) is 17.7 Å². The molecule has 1 N–H and O–H groups in total. The van der Waals surface area contributed by atoms with Gasteiger partial charge in [0, 0.05) is 37.7 Å². The third-order valence-corrected chi connectivity index (χ3v) is 5.69. The minimum Gasteiger partial charge on any atom is -0.494 e. The zero-order valence-corrected chi connectivity index (χ0v) is 15.5. The van der Waals surface area contributed by atoms with Crippen LogP contribution in [0.25, 0.3) is 0 Å². The smallest absolute Gasteiger partial charge is 0.253 e. The van der Waals surface area contributed by atoms with Gasteiger partial charge in [-0.15, -0.1) is 0 Å². The molecule has 0 unspecified atom stereocenters. The minimum absolute atomic E-state index is 0.0826. The normalized spacial score (nSPS) is 24.5. The molecule has 26 heavy (non-hydrogen) atoms. The van der Waals surface area contributed by atoms with Crippen molar-refractivity contribution in [1.29, 1.82) is 0 Å². The first kappa shape index (κ1) is 19.1. The summed E-state index contributed by atoms with van der Waals surface area (Å²) in [6.07, 6.45) is 5.03.